The Balaban J connectivity index is 1.94. The molecule has 0 aromatic heterocycles. The first-order valence-electron chi connectivity index (χ1n) is 10.1. The molecule has 0 aliphatic carbocycles. The molecule has 0 atom stereocenters. The van der Waals surface area contributed by atoms with E-state index in [0.29, 0.717) is 27.5 Å². The lowest BCUT2D eigenvalue weighted by Gasteiger charge is -2.25. The van der Waals surface area contributed by atoms with Crippen LogP contribution in [0.1, 0.15) is 23.6 Å². The predicted octanol–water partition coefficient (Wildman–Crippen LogP) is 4.40. The maximum atomic E-state index is 13.5. The molecule has 0 saturated carbocycles. The zero-order valence-electron chi connectivity index (χ0n) is 18.4. The standard InChI is InChI=1S/C24H24ClN3O4S/c1-16-8-12-20(13-9-16)33(31,32)28(22-14-19(25)11-10-17(22)2)15-24(30)27-26-18(3)21-6-4-5-7-23(21)29/h4-14,29H,15H2,1-3H3,(H,27,30)/b26-18-. The Labute approximate surface area is 198 Å². The number of carbonyl (C=O) groups excluding carboxylic acids is 1. The monoisotopic (exact) mass is 485 g/mol. The van der Waals surface area contributed by atoms with Gasteiger partial charge in [-0.3, -0.25) is 9.10 Å². The van der Waals surface area contributed by atoms with Gasteiger partial charge in [-0.1, -0.05) is 47.5 Å². The number of halogens is 1. The summed E-state index contributed by atoms with van der Waals surface area (Å²) in [5.74, 6) is -0.633. The number of para-hydroxylation sites is 1. The van der Waals surface area contributed by atoms with Crippen LogP contribution >= 0.6 is 11.6 Å². The number of carbonyl (C=O) groups is 1. The Morgan fingerprint density at radius 1 is 1.06 bits per heavy atom. The zero-order chi connectivity index (χ0) is 24.2. The average molecular weight is 486 g/mol. The van der Waals surface area contributed by atoms with Crippen molar-refractivity contribution in [2.45, 2.75) is 25.7 Å². The number of hydrazone groups is 1. The van der Waals surface area contributed by atoms with Crippen molar-refractivity contribution in [2.24, 2.45) is 5.10 Å². The SMILES string of the molecule is C/C(=N/NC(=O)CN(c1cc(Cl)ccc1C)S(=O)(=O)c1ccc(C)cc1)c1ccccc1O. The highest BCUT2D eigenvalue weighted by atomic mass is 35.5. The summed E-state index contributed by atoms with van der Waals surface area (Å²) in [4.78, 5) is 12.8. The van der Waals surface area contributed by atoms with Crippen molar-refractivity contribution < 1.29 is 18.3 Å². The number of hydrogen-bond acceptors (Lipinski definition) is 5. The lowest BCUT2D eigenvalue weighted by atomic mass is 10.1. The first-order valence-corrected chi connectivity index (χ1v) is 11.9. The van der Waals surface area contributed by atoms with Crippen LogP contribution in [0.5, 0.6) is 5.75 Å². The number of aromatic hydroxyl groups is 1. The summed E-state index contributed by atoms with van der Waals surface area (Å²) in [7, 11) is -4.08. The molecule has 0 bridgehead atoms. The van der Waals surface area contributed by atoms with Crippen molar-refractivity contribution in [3.05, 3.63) is 88.4 Å². The molecule has 7 nitrogen and oxygen atoms in total. The highest BCUT2D eigenvalue weighted by Gasteiger charge is 2.28. The van der Waals surface area contributed by atoms with Crippen LogP contribution in [0.25, 0.3) is 0 Å². The van der Waals surface area contributed by atoms with Crippen LogP contribution in [-0.4, -0.2) is 31.7 Å². The summed E-state index contributed by atoms with van der Waals surface area (Å²) in [6, 6.07) is 17.8. The molecule has 0 unspecified atom stereocenters. The van der Waals surface area contributed by atoms with Crippen LogP contribution in [-0.2, 0) is 14.8 Å². The van der Waals surface area contributed by atoms with Gasteiger partial charge < -0.3 is 5.11 Å². The fourth-order valence-electron chi connectivity index (χ4n) is 3.14. The lowest BCUT2D eigenvalue weighted by molar-refractivity contribution is -0.119. The first kappa shape index (κ1) is 24.3. The molecular weight excluding hydrogens is 462 g/mol. The lowest BCUT2D eigenvalue weighted by Crippen LogP contribution is -2.40. The molecule has 1 amide bonds. The van der Waals surface area contributed by atoms with Gasteiger partial charge in [0, 0.05) is 10.6 Å². The number of aryl methyl sites for hydroxylation is 2. The van der Waals surface area contributed by atoms with Gasteiger partial charge >= 0.3 is 0 Å². The van der Waals surface area contributed by atoms with E-state index in [-0.39, 0.29) is 10.6 Å². The van der Waals surface area contributed by atoms with Crippen LogP contribution in [0, 0.1) is 13.8 Å². The third kappa shape index (κ3) is 5.71. The molecule has 0 aliphatic heterocycles. The number of amides is 1. The maximum absolute atomic E-state index is 13.5. The Kier molecular flexibility index (Phi) is 7.40. The largest absolute Gasteiger partial charge is 0.507 e. The third-order valence-electron chi connectivity index (χ3n) is 4.98. The van der Waals surface area contributed by atoms with Crippen LogP contribution in [0.3, 0.4) is 0 Å². The van der Waals surface area contributed by atoms with Gasteiger partial charge in [-0.25, -0.2) is 13.8 Å². The Bertz CT molecular complexity index is 1310. The predicted molar refractivity (Wildman–Crippen MR) is 130 cm³/mol. The molecule has 3 aromatic carbocycles. The van der Waals surface area contributed by atoms with Crippen molar-refractivity contribution in [2.75, 3.05) is 10.8 Å². The second-order valence-corrected chi connectivity index (χ2v) is 9.80. The molecule has 0 saturated heterocycles. The Morgan fingerprint density at radius 2 is 1.73 bits per heavy atom. The van der Waals surface area contributed by atoms with E-state index < -0.39 is 22.5 Å². The number of nitrogens with one attached hydrogen (secondary N) is 1. The Morgan fingerprint density at radius 3 is 2.39 bits per heavy atom. The minimum absolute atomic E-state index is 0.0196. The molecule has 3 aromatic rings. The molecule has 0 spiro atoms. The molecule has 2 N–H and O–H groups in total. The smallest absolute Gasteiger partial charge is 0.264 e. The second kappa shape index (κ2) is 10.1. The fraction of sp³-hybridized carbons (Fsp3) is 0.167. The quantitative estimate of drug-likeness (QED) is 0.382. The van der Waals surface area contributed by atoms with E-state index in [4.69, 9.17) is 11.6 Å². The molecule has 3 rings (SSSR count). The summed E-state index contributed by atoms with van der Waals surface area (Å²) < 4.78 is 28.0. The van der Waals surface area contributed by atoms with E-state index in [2.05, 4.69) is 10.5 Å². The van der Waals surface area contributed by atoms with Gasteiger partial charge in [-0.2, -0.15) is 5.10 Å². The van der Waals surface area contributed by atoms with Gasteiger partial charge in [0.15, 0.2) is 0 Å². The highest BCUT2D eigenvalue weighted by molar-refractivity contribution is 7.92. The zero-order valence-corrected chi connectivity index (χ0v) is 20.0. The highest BCUT2D eigenvalue weighted by Crippen LogP contribution is 2.29. The molecule has 0 heterocycles. The van der Waals surface area contributed by atoms with E-state index in [1.807, 2.05) is 6.92 Å². The van der Waals surface area contributed by atoms with Crippen LogP contribution < -0.4 is 9.73 Å². The number of hydrogen-bond donors (Lipinski definition) is 2. The topological polar surface area (TPSA) is 99.1 Å². The minimum Gasteiger partial charge on any atom is -0.507 e. The fourth-order valence-corrected chi connectivity index (χ4v) is 4.78. The normalized spacial score (nSPS) is 11.8. The van der Waals surface area contributed by atoms with E-state index in [1.54, 1.807) is 56.3 Å². The summed E-state index contributed by atoms with van der Waals surface area (Å²) in [5, 5.41) is 14.3. The summed E-state index contributed by atoms with van der Waals surface area (Å²) in [5.41, 5.74) is 5.03. The minimum atomic E-state index is -4.08. The van der Waals surface area contributed by atoms with Gasteiger partial charge in [0.2, 0.25) is 0 Å². The number of phenolic OH excluding ortho intramolecular Hbond substituents is 1. The summed E-state index contributed by atoms with van der Waals surface area (Å²) in [6.45, 7) is 4.70. The molecular formula is C24H24ClN3O4S. The summed E-state index contributed by atoms with van der Waals surface area (Å²) in [6.07, 6.45) is 0. The molecule has 172 valence electrons. The molecule has 9 heteroatoms. The molecule has 0 aliphatic rings. The van der Waals surface area contributed by atoms with Crippen molar-refractivity contribution in [3.8, 4) is 5.75 Å². The molecule has 33 heavy (non-hydrogen) atoms. The Hall–Kier alpha value is -3.36. The van der Waals surface area contributed by atoms with Gasteiger partial charge in [0.1, 0.15) is 12.3 Å². The number of nitrogens with zero attached hydrogens (tertiary/aromatic N) is 2. The number of phenols is 1. The third-order valence-corrected chi connectivity index (χ3v) is 6.99. The number of benzene rings is 3. The van der Waals surface area contributed by atoms with E-state index >= 15 is 0 Å². The van der Waals surface area contributed by atoms with E-state index in [0.717, 1.165) is 9.87 Å². The van der Waals surface area contributed by atoms with Crippen molar-refractivity contribution in [3.63, 3.8) is 0 Å². The van der Waals surface area contributed by atoms with E-state index in [9.17, 15) is 18.3 Å². The van der Waals surface area contributed by atoms with Crippen molar-refractivity contribution in [1.82, 2.24) is 5.43 Å². The van der Waals surface area contributed by atoms with Crippen molar-refractivity contribution >= 4 is 38.9 Å². The maximum Gasteiger partial charge on any atom is 0.264 e. The molecule has 0 radical (unpaired) electrons. The molecule has 0 fully saturated rings. The van der Waals surface area contributed by atoms with Gasteiger partial charge in [0.25, 0.3) is 15.9 Å². The van der Waals surface area contributed by atoms with Gasteiger partial charge in [-0.05, 0) is 62.7 Å². The van der Waals surface area contributed by atoms with Gasteiger partial charge in [-0.15, -0.1) is 0 Å². The van der Waals surface area contributed by atoms with Gasteiger partial charge in [0.05, 0.1) is 16.3 Å². The van der Waals surface area contributed by atoms with Crippen molar-refractivity contribution in [1.29, 1.82) is 0 Å². The second-order valence-electron chi connectivity index (χ2n) is 7.50. The summed E-state index contributed by atoms with van der Waals surface area (Å²) >= 11 is 6.13. The first-order chi connectivity index (χ1) is 15.6. The van der Waals surface area contributed by atoms with E-state index in [1.165, 1.54) is 24.3 Å². The van der Waals surface area contributed by atoms with Crippen LogP contribution in [0.2, 0.25) is 5.02 Å². The van der Waals surface area contributed by atoms with Crippen LogP contribution in [0.4, 0.5) is 5.69 Å². The number of sulfonamides is 1. The van der Waals surface area contributed by atoms with Crippen LogP contribution in [0.15, 0.2) is 76.7 Å². The average Bonchev–Trinajstić information content (AvgIpc) is 2.78. The number of anilines is 1. The number of rotatable bonds is 7.